The van der Waals surface area contributed by atoms with Crippen molar-refractivity contribution >= 4 is 40.7 Å². The van der Waals surface area contributed by atoms with E-state index >= 15 is 0 Å². The Morgan fingerprint density at radius 3 is 2.16 bits per heavy atom. The molecule has 0 bridgehead atoms. The van der Waals surface area contributed by atoms with Crippen molar-refractivity contribution in [3.05, 3.63) is 46.5 Å². The molecule has 0 heterocycles. The van der Waals surface area contributed by atoms with Crippen LogP contribution in [0.4, 0.5) is 0 Å². The Labute approximate surface area is 189 Å². The van der Waals surface area contributed by atoms with E-state index in [-0.39, 0.29) is 17.3 Å². The number of thiocarbonyl (C=S) groups is 1. The lowest BCUT2D eigenvalue weighted by Crippen LogP contribution is -2.49. The van der Waals surface area contributed by atoms with Gasteiger partial charge in [0.1, 0.15) is 5.75 Å². The molecule has 11 heteroatoms. The monoisotopic (exact) mass is 467 g/mol. The molecule has 0 fully saturated rings. The highest BCUT2D eigenvalue weighted by Gasteiger charge is 2.17. The molecule has 3 N–H and O–H groups in total. The number of carbonyl (C=O) groups is 2. The zero-order valence-electron chi connectivity index (χ0n) is 17.3. The Balaban J connectivity index is 1.89. The maximum atomic E-state index is 12.4. The average molecular weight is 468 g/mol. The number of hydrazine groups is 1. The van der Waals surface area contributed by atoms with Crippen molar-refractivity contribution < 1.29 is 28.5 Å². The summed E-state index contributed by atoms with van der Waals surface area (Å²) < 4.78 is 21.1. The molecule has 2 rings (SSSR count). The van der Waals surface area contributed by atoms with E-state index in [9.17, 15) is 9.59 Å². The Kier molecular flexibility index (Phi) is 8.71. The highest BCUT2D eigenvalue weighted by atomic mass is 35.5. The molecule has 2 aromatic carbocycles. The molecule has 0 unspecified atom stereocenters. The first-order valence-electron chi connectivity index (χ1n) is 8.88. The second-order valence-corrected chi connectivity index (χ2v) is 6.91. The van der Waals surface area contributed by atoms with Crippen LogP contribution in [0.1, 0.15) is 15.9 Å². The minimum Gasteiger partial charge on any atom is -0.493 e. The number of amides is 2. The van der Waals surface area contributed by atoms with Crippen LogP contribution in [-0.2, 0) is 4.79 Å². The molecule has 0 saturated carbocycles. The molecule has 2 aromatic rings. The predicted molar refractivity (Wildman–Crippen MR) is 119 cm³/mol. The Hall–Kier alpha value is -3.24. The minimum absolute atomic E-state index is 0.109. The van der Waals surface area contributed by atoms with Crippen LogP contribution in [0.15, 0.2) is 30.3 Å². The third kappa shape index (κ3) is 6.63. The van der Waals surface area contributed by atoms with Gasteiger partial charge in [0, 0.05) is 10.6 Å². The number of halogens is 1. The van der Waals surface area contributed by atoms with Crippen LogP contribution in [-0.4, -0.2) is 44.9 Å². The van der Waals surface area contributed by atoms with E-state index in [1.165, 1.54) is 33.5 Å². The fourth-order valence-corrected chi connectivity index (χ4v) is 2.90. The van der Waals surface area contributed by atoms with Gasteiger partial charge in [-0.05, 0) is 55.0 Å². The van der Waals surface area contributed by atoms with Gasteiger partial charge in [-0.25, -0.2) is 0 Å². The third-order valence-electron chi connectivity index (χ3n) is 3.97. The van der Waals surface area contributed by atoms with Gasteiger partial charge < -0.3 is 18.9 Å². The number of carbonyl (C=O) groups excluding carboxylic acids is 2. The average Bonchev–Trinajstić information content (AvgIpc) is 2.75. The largest absolute Gasteiger partial charge is 0.493 e. The second-order valence-electron chi connectivity index (χ2n) is 6.07. The summed E-state index contributed by atoms with van der Waals surface area (Å²) in [5.41, 5.74) is 5.84. The van der Waals surface area contributed by atoms with Crippen LogP contribution in [0.2, 0.25) is 5.02 Å². The molecular weight excluding hydrogens is 446 g/mol. The molecular formula is C20H22ClN3O6S. The third-order valence-corrected chi connectivity index (χ3v) is 4.40. The Morgan fingerprint density at radius 1 is 0.968 bits per heavy atom. The van der Waals surface area contributed by atoms with Crippen molar-refractivity contribution in [3.8, 4) is 23.0 Å². The van der Waals surface area contributed by atoms with Crippen LogP contribution >= 0.6 is 23.8 Å². The van der Waals surface area contributed by atoms with Crippen LogP contribution in [0.3, 0.4) is 0 Å². The highest BCUT2D eigenvalue weighted by Crippen LogP contribution is 2.38. The van der Waals surface area contributed by atoms with Crippen molar-refractivity contribution in [1.29, 1.82) is 0 Å². The van der Waals surface area contributed by atoms with Crippen LogP contribution in [0, 0.1) is 6.92 Å². The van der Waals surface area contributed by atoms with E-state index in [0.29, 0.717) is 28.0 Å². The van der Waals surface area contributed by atoms with Gasteiger partial charge in [-0.3, -0.25) is 25.8 Å². The molecule has 0 aromatic heterocycles. The van der Waals surface area contributed by atoms with Gasteiger partial charge in [0.05, 0.1) is 21.3 Å². The molecule has 0 spiro atoms. The fraction of sp³-hybridized carbons (Fsp3) is 0.250. The van der Waals surface area contributed by atoms with Gasteiger partial charge in [-0.2, -0.15) is 0 Å². The van der Waals surface area contributed by atoms with Gasteiger partial charge in [0.2, 0.25) is 5.75 Å². The number of aryl methyl sites for hydroxylation is 1. The lowest BCUT2D eigenvalue weighted by molar-refractivity contribution is -0.121. The fourth-order valence-electron chi connectivity index (χ4n) is 2.51. The summed E-state index contributed by atoms with van der Waals surface area (Å²) in [6.07, 6.45) is 0. The predicted octanol–water partition coefficient (Wildman–Crippen LogP) is 2.39. The van der Waals surface area contributed by atoms with E-state index < -0.39 is 11.8 Å². The van der Waals surface area contributed by atoms with Crippen molar-refractivity contribution in [1.82, 2.24) is 16.2 Å². The van der Waals surface area contributed by atoms with E-state index in [1.807, 2.05) is 6.92 Å². The zero-order valence-corrected chi connectivity index (χ0v) is 18.9. The molecule has 2 amide bonds. The Bertz CT molecular complexity index is 960. The summed E-state index contributed by atoms with van der Waals surface area (Å²) in [5.74, 6) is 0.468. The molecule has 0 aliphatic carbocycles. The van der Waals surface area contributed by atoms with Gasteiger partial charge >= 0.3 is 0 Å². The van der Waals surface area contributed by atoms with Gasteiger partial charge in [-0.15, -0.1) is 0 Å². The van der Waals surface area contributed by atoms with E-state index in [0.717, 1.165) is 5.56 Å². The standard InChI is InChI=1S/C20H22ClN3O6S/c1-11-7-13(21)5-6-14(11)30-10-17(25)22-20(31)24-23-19(26)12-8-15(27-2)18(29-4)16(9-12)28-3/h5-9H,10H2,1-4H3,(H,23,26)(H2,22,24,25,31). The number of benzene rings is 2. The van der Waals surface area contributed by atoms with Crippen molar-refractivity contribution in [2.24, 2.45) is 0 Å². The summed E-state index contributed by atoms with van der Waals surface area (Å²) in [7, 11) is 4.34. The van der Waals surface area contributed by atoms with E-state index in [1.54, 1.807) is 18.2 Å². The number of methoxy groups -OCH3 is 3. The zero-order chi connectivity index (χ0) is 23.0. The lowest BCUT2D eigenvalue weighted by Gasteiger charge is -2.15. The number of hydrogen-bond donors (Lipinski definition) is 3. The van der Waals surface area contributed by atoms with Crippen molar-refractivity contribution in [2.75, 3.05) is 27.9 Å². The molecule has 0 aliphatic rings. The maximum Gasteiger partial charge on any atom is 0.269 e. The number of rotatable bonds is 7. The molecule has 0 saturated heterocycles. The summed E-state index contributed by atoms with van der Waals surface area (Å²) in [6.45, 7) is 1.54. The van der Waals surface area contributed by atoms with E-state index in [4.69, 9.17) is 42.8 Å². The van der Waals surface area contributed by atoms with Crippen LogP contribution < -0.4 is 35.1 Å². The first-order chi connectivity index (χ1) is 14.8. The quantitative estimate of drug-likeness (QED) is 0.421. The molecule has 0 aliphatic heterocycles. The highest BCUT2D eigenvalue weighted by molar-refractivity contribution is 7.80. The van der Waals surface area contributed by atoms with Gasteiger partial charge in [0.15, 0.2) is 23.2 Å². The van der Waals surface area contributed by atoms with Crippen LogP contribution in [0.5, 0.6) is 23.0 Å². The molecule has 31 heavy (non-hydrogen) atoms. The maximum absolute atomic E-state index is 12.4. The molecule has 9 nitrogen and oxygen atoms in total. The second kappa shape index (κ2) is 11.2. The van der Waals surface area contributed by atoms with Crippen molar-refractivity contribution in [3.63, 3.8) is 0 Å². The van der Waals surface area contributed by atoms with Crippen LogP contribution in [0.25, 0.3) is 0 Å². The summed E-state index contributed by atoms with van der Waals surface area (Å²) in [6, 6.07) is 8.00. The summed E-state index contributed by atoms with van der Waals surface area (Å²) >= 11 is 10.9. The number of hydrogen-bond acceptors (Lipinski definition) is 7. The van der Waals surface area contributed by atoms with Gasteiger partial charge in [0.25, 0.3) is 11.8 Å². The topological polar surface area (TPSA) is 107 Å². The first kappa shape index (κ1) is 24.0. The summed E-state index contributed by atoms with van der Waals surface area (Å²) in [5, 5.41) is 2.86. The molecule has 166 valence electrons. The van der Waals surface area contributed by atoms with Crippen molar-refractivity contribution in [2.45, 2.75) is 6.92 Å². The number of nitrogens with one attached hydrogen (secondary N) is 3. The Morgan fingerprint density at radius 2 is 1.61 bits per heavy atom. The normalized spacial score (nSPS) is 9.97. The smallest absolute Gasteiger partial charge is 0.269 e. The first-order valence-corrected chi connectivity index (χ1v) is 9.66. The minimum atomic E-state index is -0.538. The van der Waals surface area contributed by atoms with Gasteiger partial charge in [-0.1, -0.05) is 11.6 Å². The molecule has 0 atom stereocenters. The number of ether oxygens (including phenoxy) is 4. The van der Waals surface area contributed by atoms with E-state index in [2.05, 4.69) is 16.2 Å². The molecule has 0 radical (unpaired) electrons. The SMILES string of the molecule is COc1cc(C(=O)NNC(=S)NC(=O)COc2ccc(Cl)cc2C)cc(OC)c1OC. The summed E-state index contributed by atoms with van der Waals surface area (Å²) in [4.78, 5) is 24.4. The lowest BCUT2D eigenvalue weighted by atomic mass is 10.1.